The summed E-state index contributed by atoms with van der Waals surface area (Å²) in [6.45, 7) is 10.4. The number of β-amino-alcohol motifs (C(OH)–C–C–N with tert-alkyl or cyclic N) is 1. The lowest BCUT2D eigenvalue weighted by molar-refractivity contribution is 0.0278. The minimum absolute atomic E-state index is 0.157. The molecule has 0 aromatic heterocycles. The lowest BCUT2D eigenvalue weighted by atomic mass is 9.95. The van der Waals surface area contributed by atoms with E-state index in [1.54, 1.807) is 0 Å². The second-order valence-electron chi connectivity index (χ2n) is 6.44. The normalized spacial score (nSPS) is 25.0. The topological polar surface area (TPSA) is 35.5 Å². The number of rotatable bonds is 6. The first-order chi connectivity index (χ1) is 10.1. The molecule has 21 heavy (non-hydrogen) atoms. The maximum absolute atomic E-state index is 10.0. The first-order valence-corrected chi connectivity index (χ1v) is 8.30. The van der Waals surface area contributed by atoms with Gasteiger partial charge in [0.1, 0.15) is 0 Å². The number of hydrogen-bond donors (Lipinski definition) is 2. The molecule has 1 aliphatic heterocycles. The molecule has 3 atom stereocenters. The van der Waals surface area contributed by atoms with Crippen LogP contribution in [0, 0.1) is 12.8 Å². The monoisotopic (exact) mass is 290 g/mol. The van der Waals surface area contributed by atoms with E-state index >= 15 is 0 Å². The molecular formula is C18H30N2O. The third-order valence-corrected chi connectivity index (χ3v) is 4.67. The van der Waals surface area contributed by atoms with E-state index in [-0.39, 0.29) is 6.10 Å². The van der Waals surface area contributed by atoms with Gasteiger partial charge in [0.2, 0.25) is 0 Å². The van der Waals surface area contributed by atoms with Crippen molar-refractivity contribution in [2.24, 2.45) is 5.92 Å². The molecule has 1 aliphatic rings. The Morgan fingerprint density at radius 3 is 2.67 bits per heavy atom. The average Bonchev–Trinajstić information content (AvgIpc) is 2.48. The largest absolute Gasteiger partial charge is 0.392 e. The average molecular weight is 290 g/mol. The molecule has 0 spiro atoms. The number of piperidine rings is 1. The standard InChI is InChI=1S/C18H30N2O/c1-4-19-17(16-7-5-14(2)6-8-16)10-12-20-11-9-15(3)18(21)13-20/h5-8,15,17-19,21H,4,9-13H2,1-3H3. The molecule has 3 unspecified atom stereocenters. The number of likely N-dealkylation sites (tertiary alicyclic amines) is 1. The molecule has 0 saturated carbocycles. The summed E-state index contributed by atoms with van der Waals surface area (Å²) in [5, 5.41) is 13.6. The Hall–Kier alpha value is -0.900. The highest BCUT2D eigenvalue weighted by atomic mass is 16.3. The van der Waals surface area contributed by atoms with Crippen molar-refractivity contribution in [3.8, 4) is 0 Å². The summed E-state index contributed by atoms with van der Waals surface area (Å²) in [6, 6.07) is 9.25. The highest BCUT2D eigenvalue weighted by Gasteiger charge is 2.24. The quantitative estimate of drug-likeness (QED) is 0.845. The molecule has 118 valence electrons. The van der Waals surface area contributed by atoms with Crippen LogP contribution in [0.25, 0.3) is 0 Å². The first-order valence-electron chi connectivity index (χ1n) is 8.30. The van der Waals surface area contributed by atoms with Crippen LogP contribution in [0.15, 0.2) is 24.3 Å². The summed E-state index contributed by atoms with van der Waals surface area (Å²) < 4.78 is 0. The molecule has 3 nitrogen and oxygen atoms in total. The van der Waals surface area contributed by atoms with Crippen LogP contribution >= 0.6 is 0 Å². The van der Waals surface area contributed by atoms with Gasteiger partial charge in [0.25, 0.3) is 0 Å². The van der Waals surface area contributed by atoms with Gasteiger partial charge in [0, 0.05) is 19.1 Å². The third-order valence-electron chi connectivity index (χ3n) is 4.67. The number of aliphatic hydroxyl groups is 1. The van der Waals surface area contributed by atoms with Crippen LogP contribution < -0.4 is 5.32 Å². The molecule has 1 heterocycles. The molecule has 3 heteroatoms. The van der Waals surface area contributed by atoms with Gasteiger partial charge in [-0.3, -0.25) is 0 Å². The smallest absolute Gasteiger partial charge is 0.0693 e. The summed E-state index contributed by atoms with van der Waals surface area (Å²) in [5.74, 6) is 0.447. The lowest BCUT2D eigenvalue weighted by Gasteiger charge is -2.35. The van der Waals surface area contributed by atoms with Crippen molar-refractivity contribution in [1.29, 1.82) is 0 Å². The maximum Gasteiger partial charge on any atom is 0.0693 e. The van der Waals surface area contributed by atoms with Crippen molar-refractivity contribution in [3.05, 3.63) is 35.4 Å². The summed E-state index contributed by atoms with van der Waals surface area (Å²) in [5.41, 5.74) is 2.68. The van der Waals surface area contributed by atoms with Gasteiger partial charge in [0.15, 0.2) is 0 Å². The van der Waals surface area contributed by atoms with E-state index in [2.05, 4.69) is 55.3 Å². The van der Waals surface area contributed by atoms with E-state index < -0.39 is 0 Å². The minimum Gasteiger partial charge on any atom is -0.392 e. The summed E-state index contributed by atoms with van der Waals surface area (Å²) in [7, 11) is 0. The highest BCUT2D eigenvalue weighted by molar-refractivity contribution is 5.24. The van der Waals surface area contributed by atoms with Crippen molar-refractivity contribution in [2.45, 2.75) is 45.8 Å². The Labute approximate surface area is 129 Å². The zero-order chi connectivity index (χ0) is 15.2. The van der Waals surface area contributed by atoms with Gasteiger partial charge in [-0.1, -0.05) is 43.7 Å². The molecule has 1 fully saturated rings. The zero-order valence-electron chi connectivity index (χ0n) is 13.7. The molecule has 2 rings (SSSR count). The maximum atomic E-state index is 10.0. The Morgan fingerprint density at radius 1 is 1.33 bits per heavy atom. The van der Waals surface area contributed by atoms with Gasteiger partial charge in [-0.25, -0.2) is 0 Å². The van der Waals surface area contributed by atoms with Gasteiger partial charge in [-0.15, -0.1) is 0 Å². The molecule has 0 bridgehead atoms. The molecule has 0 aliphatic carbocycles. The fraction of sp³-hybridized carbons (Fsp3) is 0.667. The second kappa shape index (κ2) is 7.92. The third kappa shape index (κ3) is 4.80. The lowest BCUT2D eigenvalue weighted by Crippen LogP contribution is -2.43. The number of nitrogens with one attached hydrogen (secondary N) is 1. The molecule has 2 N–H and O–H groups in total. The van der Waals surface area contributed by atoms with Crippen molar-refractivity contribution in [2.75, 3.05) is 26.2 Å². The number of hydrogen-bond acceptors (Lipinski definition) is 3. The van der Waals surface area contributed by atoms with Crippen molar-refractivity contribution >= 4 is 0 Å². The molecule has 0 amide bonds. The Bertz CT molecular complexity index is 418. The van der Waals surface area contributed by atoms with Crippen LogP contribution in [0.1, 0.15) is 43.9 Å². The van der Waals surface area contributed by atoms with Crippen LogP contribution in [0.3, 0.4) is 0 Å². The second-order valence-corrected chi connectivity index (χ2v) is 6.44. The van der Waals surface area contributed by atoms with E-state index in [0.29, 0.717) is 12.0 Å². The Balaban J connectivity index is 1.89. The molecular weight excluding hydrogens is 260 g/mol. The van der Waals surface area contributed by atoms with Gasteiger partial charge < -0.3 is 15.3 Å². The SMILES string of the molecule is CCNC(CCN1CCC(C)C(O)C1)c1ccc(C)cc1. The molecule has 1 aromatic carbocycles. The van der Waals surface area contributed by atoms with E-state index in [9.17, 15) is 5.11 Å². The number of benzene rings is 1. The Morgan fingerprint density at radius 2 is 2.05 bits per heavy atom. The first kappa shape index (κ1) is 16.5. The highest BCUT2D eigenvalue weighted by Crippen LogP contribution is 2.21. The van der Waals surface area contributed by atoms with Crippen LogP contribution in [0.2, 0.25) is 0 Å². The van der Waals surface area contributed by atoms with Gasteiger partial charge in [-0.05, 0) is 44.3 Å². The van der Waals surface area contributed by atoms with Crippen molar-refractivity contribution < 1.29 is 5.11 Å². The van der Waals surface area contributed by atoms with E-state index in [1.165, 1.54) is 11.1 Å². The van der Waals surface area contributed by atoms with Gasteiger partial charge in [0.05, 0.1) is 6.10 Å². The van der Waals surface area contributed by atoms with Gasteiger partial charge in [-0.2, -0.15) is 0 Å². The molecule has 1 saturated heterocycles. The number of nitrogens with zero attached hydrogens (tertiary/aromatic N) is 1. The van der Waals surface area contributed by atoms with Crippen LogP contribution in [-0.4, -0.2) is 42.3 Å². The fourth-order valence-corrected chi connectivity index (χ4v) is 3.06. The minimum atomic E-state index is -0.157. The fourth-order valence-electron chi connectivity index (χ4n) is 3.06. The van der Waals surface area contributed by atoms with Crippen LogP contribution in [0.4, 0.5) is 0 Å². The summed E-state index contributed by atoms with van der Waals surface area (Å²) >= 11 is 0. The van der Waals surface area contributed by atoms with Crippen LogP contribution in [-0.2, 0) is 0 Å². The van der Waals surface area contributed by atoms with Gasteiger partial charge >= 0.3 is 0 Å². The van der Waals surface area contributed by atoms with E-state index in [1.807, 2.05) is 0 Å². The Kier molecular flexibility index (Phi) is 6.22. The van der Waals surface area contributed by atoms with Crippen molar-refractivity contribution in [3.63, 3.8) is 0 Å². The number of aliphatic hydroxyl groups excluding tert-OH is 1. The molecule has 1 aromatic rings. The zero-order valence-corrected chi connectivity index (χ0v) is 13.7. The van der Waals surface area contributed by atoms with Crippen LogP contribution in [0.5, 0.6) is 0 Å². The van der Waals surface area contributed by atoms with E-state index in [4.69, 9.17) is 0 Å². The van der Waals surface area contributed by atoms with E-state index in [0.717, 1.165) is 39.0 Å². The number of aryl methyl sites for hydroxylation is 1. The predicted molar refractivity (Wildman–Crippen MR) is 88.4 cm³/mol. The summed E-state index contributed by atoms with van der Waals surface area (Å²) in [6.07, 6.45) is 2.05. The summed E-state index contributed by atoms with van der Waals surface area (Å²) in [4.78, 5) is 2.41. The molecule has 0 radical (unpaired) electrons. The van der Waals surface area contributed by atoms with Crippen molar-refractivity contribution in [1.82, 2.24) is 10.2 Å². The predicted octanol–water partition coefficient (Wildman–Crippen LogP) is 2.74.